The molecule has 0 saturated heterocycles. The van der Waals surface area contributed by atoms with Crippen LogP contribution < -0.4 is 5.32 Å². The lowest BCUT2D eigenvalue weighted by Crippen LogP contribution is -2.13. The lowest BCUT2D eigenvalue weighted by atomic mass is 10.1. The number of carbonyl (C=O) groups excluding carboxylic acids is 1. The van der Waals surface area contributed by atoms with Crippen molar-refractivity contribution < 1.29 is 9.72 Å². The molecule has 0 bridgehead atoms. The van der Waals surface area contributed by atoms with Crippen LogP contribution in [-0.2, 0) is 4.79 Å². The van der Waals surface area contributed by atoms with Crippen LogP contribution in [0.2, 0.25) is 5.02 Å². The van der Waals surface area contributed by atoms with Gasteiger partial charge in [0.25, 0.3) is 11.6 Å². The van der Waals surface area contributed by atoms with Crippen LogP contribution in [0, 0.1) is 35.3 Å². The van der Waals surface area contributed by atoms with Gasteiger partial charge < -0.3 is 9.88 Å². The topological polar surface area (TPSA) is 101 Å². The molecule has 1 amide bonds. The zero-order chi connectivity index (χ0) is 21.8. The van der Waals surface area contributed by atoms with Crippen LogP contribution in [0.5, 0.6) is 0 Å². The number of para-hydroxylation sites is 1. The lowest BCUT2D eigenvalue weighted by molar-refractivity contribution is -0.384. The van der Waals surface area contributed by atoms with E-state index in [1.165, 1.54) is 18.2 Å². The number of rotatable bonds is 5. The molecule has 150 valence electrons. The second-order valence-electron chi connectivity index (χ2n) is 6.54. The quantitative estimate of drug-likeness (QED) is 0.265. The van der Waals surface area contributed by atoms with Crippen molar-refractivity contribution in [3.05, 3.63) is 92.3 Å². The van der Waals surface area contributed by atoms with Gasteiger partial charge in [-0.3, -0.25) is 14.9 Å². The van der Waals surface area contributed by atoms with Crippen LogP contribution >= 0.6 is 11.6 Å². The Bertz CT molecular complexity index is 1210. The summed E-state index contributed by atoms with van der Waals surface area (Å²) in [6.45, 7) is 3.84. The van der Waals surface area contributed by atoms with Gasteiger partial charge in [0.05, 0.1) is 4.92 Å². The van der Waals surface area contributed by atoms with Gasteiger partial charge in [-0.05, 0) is 55.8 Å². The Balaban J connectivity index is 1.92. The fourth-order valence-corrected chi connectivity index (χ4v) is 3.33. The van der Waals surface area contributed by atoms with E-state index in [0.717, 1.165) is 28.7 Å². The predicted octanol–water partition coefficient (Wildman–Crippen LogP) is 5.20. The molecule has 0 spiro atoms. The monoisotopic (exact) mass is 420 g/mol. The van der Waals surface area contributed by atoms with Crippen LogP contribution in [0.15, 0.2) is 60.2 Å². The molecule has 0 aliphatic carbocycles. The van der Waals surface area contributed by atoms with Gasteiger partial charge in [-0.25, -0.2) is 0 Å². The largest absolute Gasteiger partial charge is 0.321 e. The minimum Gasteiger partial charge on any atom is -0.321 e. The number of anilines is 1. The van der Waals surface area contributed by atoms with Crippen molar-refractivity contribution in [2.24, 2.45) is 0 Å². The van der Waals surface area contributed by atoms with Crippen LogP contribution in [0.3, 0.4) is 0 Å². The second kappa shape index (κ2) is 8.64. The Morgan fingerprint density at radius 1 is 1.20 bits per heavy atom. The van der Waals surface area contributed by atoms with Gasteiger partial charge in [0.15, 0.2) is 0 Å². The zero-order valence-electron chi connectivity index (χ0n) is 16.2. The van der Waals surface area contributed by atoms with Crippen LogP contribution in [0.1, 0.15) is 17.0 Å². The molecule has 2 aromatic carbocycles. The maximum Gasteiger partial charge on any atom is 0.289 e. The average molecular weight is 421 g/mol. The first-order chi connectivity index (χ1) is 14.3. The smallest absolute Gasteiger partial charge is 0.289 e. The molecule has 0 aliphatic rings. The maximum atomic E-state index is 12.6. The van der Waals surface area contributed by atoms with Crippen molar-refractivity contribution in [2.75, 3.05) is 5.32 Å². The molecule has 8 heteroatoms. The molecule has 0 aliphatic heterocycles. The van der Waals surface area contributed by atoms with E-state index in [9.17, 15) is 20.2 Å². The lowest BCUT2D eigenvalue weighted by Gasteiger charge is -2.09. The molecule has 1 N–H and O–H groups in total. The SMILES string of the molecule is Cc1cc(/C=C(\C#N)C(=O)Nc2ccc(Cl)c([N+](=O)[O-])c2)c(C)n1-c1ccccc1. The minimum atomic E-state index is -0.668. The minimum absolute atomic E-state index is 0.0394. The second-order valence-corrected chi connectivity index (χ2v) is 6.95. The van der Waals surface area contributed by atoms with Crippen molar-refractivity contribution in [3.63, 3.8) is 0 Å². The summed E-state index contributed by atoms with van der Waals surface area (Å²) in [5.74, 6) is -0.668. The highest BCUT2D eigenvalue weighted by Crippen LogP contribution is 2.28. The number of nitrogens with zero attached hydrogens (tertiary/aromatic N) is 3. The molecule has 7 nitrogen and oxygen atoms in total. The Kier molecular flexibility index (Phi) is 6.00. The Labute approximate surface area is 178 Å². The Hall–Kier alpha value is -3.89. The fourth-order valence-electron chi connectivity index (χ4n) is 3.14. The van der Waals surface area contributed by atoms with Gasteiger partial charge in [0.2, 0.25) is 0 Å². The van der Waals surface area contributed by atoms with E-state index in [4.69, 9.17) is 11.6 Å². The molecule has 30 heavy (non-hydrogen) atoms. The van der Waals surface area contributed by atoms with Crippen molar-refractivity contribution in [1.82, 2.24) is 4.57 Å². The number of nitro groups is 1. The zero-order valence-corrected chi connectivity index (χ0v) is 17.0. The van der Waals surface area contributed by atoms with Gasteiger partial charge in [-0.15, -0.1) is 0 Å². The molecular weight excluding hydrogens is 404 g/mol. The number of benzene rings is 2. The highest BCUT2D eigenvalue weighted by Gasteiger charge is 2.17. The highest BCUT2D eigenvalue weighted by molar-refractivity contribution is 6.32. The van der Waals surface area contributed by atoms with E-state index in [-0.39, 0.29) is 22.0 Å². The summed E-state index contributed by atoms with van der Waals surface area (Å²) >= 11 is 5.79. The number of carbonyl (C=O) groups is 1. The fraction of sp³-hybridized carbons (Fsp3) is 0.0909. The molecule has 3 aromatic rings. The molecular formula is C22H17ClN4O3. The van der Waals surface area contributed by atoms with E-state index in [1.54, 1.807) is 0 Å². The first kappa shape index (κ1) is 20.8. The van der Waals surface area contributed by atoms with E-state index >= 15 is 0 Å². The summed E-state index contributed by atoms with van der Waals surface area (Å²) in [7, 11) is 0. The first-order valence-corrected chi connectivity index (χ1v) is 9.31. The Morgan fingerprint density at radius 2 is 1.90 bits per heavy atom. The standard InChI is InChI=1S/C22H17ClN4O3/c1-14-10-16(15(2)26(14)19-6-4-3-5-7-19)11-17(13-24)22(28)25-18-8-9-20(23)21(12-18)27(29)30/h3-12H,1-2H3,(H,25,28)/b17-11+. The molecule has 0 unspecified atom stereocenters. The predicted molar refractivity (Wildman–Crippen MR) is 116 cm³/mol. The van der Waals surface area contributed by atoms with Gasteiger partial charge in [0, 0.05) is 28.8 Å². The number of aryl methyl sites for hydroxylation is 1. The molecule has 1 aromatic heterocycles. The number of nitro benzene ring substituents is 1. The number of halogens is 1. The van der Waals surface area contributed by atoms with Crippen molar-refractivity contribution in [1.29, 1.82) is 5.26 Å². The molecule has 0 saturated carbocycles. The summed E-state index contributed by atoms with van der Waals surface area (Å²) in [6.07, 6.45) is 1.50. The molecule has 0 atom stereocenters. The third-order valence-corrected chi connectivity index (χ3v) is 4.87. The number of amides is 1. The molecule has 3 rings (SSSR count). The summed E-state index contributed by atoms with van der Waals surface area (Å²) in [5, 5.41) is 23.0. The van der Waals surface area contributed by atoms with Crippen molar-refractivity contribution in [2.45, 2.75) is 13.8 Å². The average Bonchev–Trinajstić information content (AvgIpc) is 3.00. The van der Waals surface area contributed by atoms with E-state index in [0.29, 0.717) is 0 Å². The number of nitrogens with one attached hydrogen (secondary N) is 1. The van der Waals surface area contributed by atoms with Crippen molar-refractivity contribution in [3.8, 4) is 11.8 Å². The summed E-state index contributed by atoms with van der Waals surface area (Å²) in [6, 6.07) is 17.4. The van der Waals surface area contributed by atoms with E-state index < -0.39 is 10.8 Å². The van der Waals surface area contributed by atoms with Crippen molar-refractivity contribution >= 4 is 35.0 Å². The van der Waals surface area contributed by atoms with Gasteiger partial charge in [-0.2, -0.15) is 5.26 Å². The molecule has 0 radical (unpaired) electrons. The molecule has 0 fully saturated rings. The highest BCUT2D eigenvalue weighted by atomic mass is 35.5. The number of aromatic nitrogens is 1. The third kappa shape index (κ3) is 4.24. The van der Waals surface area contributed by atoms with E-state index in [1.807, 2.05) is 60.9 Å². The summed E-state index contributed by atoms with van der Waals surface area (Å²) in [4.78, 5) is 23.0. The van der Waals surface area contributed by atoms with E-state index in [2.05, 4.69) is 5.32 Å². The van der Waals surface area contributed by atoms with Gasteiger partial charge >= 0.3 is 0 Å². The van der Waals surface area contributed by atoms with Gasteiger partial charge in [0.1, 0.15) is 16.7 Å². The normalized spacial score (nSPS) is 11.1. The Morgan fingerprint density at radius 3 is 2.53 bits per heavy atom. The number of nitriles is 1. The van der Waals surface area contributed by atoms with Crippen LogP contribution in [-0.4, -0.2) is 15.4 Å². The number of hydrogen-bond acceptors (Lipinski definition) is 4. The van der Waals surface area contributed by atoms with Crippen LogP contribution in [0.25, 0.3) is 11.8 Å². The third-order valence-electron chi connectivity index (χ3n) is 4.55. The summed E-state index contributed by atoms with van der Waals surface area (Å²) < 4.78 is 2.03. The number of hydrogen-bond donors (Lipinski definition) is 1. The first-order valence-electron chi connectivity index (χ1n) is 8.93. The van der Waals surface area contributed by atoms with Gasteiger partial charge in [-0.1, -0.05) is 29.8 Å². The summed E-state index contributed by atoms with van der Waals surface area (Å²) in [5.41, 5.74) is 3.25. The molecule has 1 heterocycles. The maximum absolute atomic E-state index is 12.6. The van der Waals surface area contributed by atoms with Crippen LogP contribution in [0.4, 0.5) is 11.4 Å².